The van der Waals surface area contributed by atoms with Crippen LogP contribution in [0, 0.1) is 0 Å². The molecule has 0 saturated carbocycles. The van der Waals surface area contributed by atoms with Gasteiger partial charge >= 0.3 is 0 Å². The lowest BCUT2D eigenvalue weighted by molar-refractivity contribution is -0.132. The maximum atomic E-state index is 11.6. The van der Waals surface area contributed by atoms with Crippen molar-refractivity contribution in [3.8, 4) is 0 Å². The summed E-state index contributed by atoms with van der Waals surface area (Å²) in [7, 11) is 1.78. The largest absolute Gasteiger partial charge is 0.295 e. The first-order valence-electron chi connectivity index (χ1n) is 5.92. The topological polar surface area (TPSA) is 49.7 Å². The van der Waals surface area contributed by atoms with E-state index in [-0.39, 0.29) is 12.1 Å². The highest BCUT2D eigenvalue weighted by Crippen LogP contribution is 2.03. The van der Waals surface area contributed by atoms with Crippen LogP contribution in [0.5, 0.6) is 0 Å². The molecule has 1 rings (SSSR count). The Balaban J connectivity index is 2.66. The number of hydrogen-bond donors (Lipinski definition) is 0. The molecule has 0 heterocycles. The van der Waals surface area contributed by atoms with Crippen LogP contribution < -0.4 is 0 Å². The first-order chi connectivity index (χ1) is 8.54. The quantitative estimate of drug-likeness (QED) is 0.438. The molecule has 4 nitrogen and oxygen atoms in total. The minimum atomic E-state index is -0.502. The minimum Gasteiger partial charge on any atom is -0.295 e. The number of Topliss-reactive ketones (excluding diaryl/α,β-unsaturated/α-hetero) is 2. The van der Waals surface area contributed by atoms with E-state index in [4.69, 9.17) is 0 Å². The smallest absolute Gasteiger partial charge is 0.244 e. The highest BCUT2D eigenvalue weighted by Gasteiger charge is 2.15. The Hall–Kier alpha value is -1.97. The molecule has 0 amide bonds. The molecule has 1 aromatic carbocycles. The number of rotatable bonds is 6. The van der Waals surface area contributed by atoms with Gasteiger partial charge in [-0.2, -0.15) is 5.10 Å². The summed E-state index contributed by atoms with van der Waals surface area (Å²) in [4.78, 5) is 22.8. The Kier molecular flexibility index (Phi) is 5.24. The fourth-order valence-electron chi connectivity index (χ4n) is 1.55. The van der Waals surface area contributed by atoms with Gasteiger partial charge in [-0.3, -0.25) is 14.6 Å². The second-order valence-electron chi connectivity index (χ2n) is 4.09. The normalized spacial score (nSPS) is 11.2. The molecule has 0 aliphatic rings. The summed E-state index contributed by atoms with van der Waals surface area (Å²) in [5, 5.41) is 5.78. The fraction of sp³-hybridized carbons (Fsp3) is 0.357. The monoisotopic (exact) mass is 246 g/mol. The van der Waals surface area contributed by atoms with Crippen molar-refractivity contribution in [1.82, 2.24) is 5.01 Å². The van der Waals surface area contributed by atoms with Crippen LogP contribution in [-0.2, 0) is 16.1 Å². The Labute approximate surface area is 107 Å². The summed E-state index contributed by atoms with van der Waals surface area (Å²) in [6, 6.07) is 9.82. The predicted octanol–water partition coefficient (Wildman–Crippen LogP) is 2.04. The molecule has 0 aliphatic carbocycles. The van der Waals surface area contributed by atoms with E-state index in [2.05, 4.69) is 5.10 Å². The van der Waals surface area contributed by atoms with Crippen molar-refractivity contribution in [3.63, 3.8) is 0 Å². The van der Waals surface area contributed by atoms with Crippen LogP contribution in [0.2, 0.25) is 0 Å². The number of hydrazone groups is 1. The summed E-state index contributed by atoms with van der Waals surface area (Å²) in [6.07, 6.45) is 0.216. The number of carbonyl (C=O) groups excluding carboxylic acids is 2. The van der Waals surface area contributed by atoms with Crippen molar-refractivity contribution >= 4 is 17.3 Å². The molecule has 0 atom stereocenters. The molecule has 0 aliphatic heterocycles. The van der Waals surface area contributed by atoms with Gasteiger partial charge in [0.05, 0.1) is 6.54 Å². The van der Waals surface area contributed by atoms with Crippen LogP contribution >= 0.6 is 0 Å². The lowest BCUT2D eigenvalue weighted by Gasteiger charge is -2.13. The third-order valence-corrected chi connectivity index (χ3v) is 2.48. The molecule has 0 fully saturated rings. The number of hydrogen-bond acceptors (Lipinski definition) is 4. The lowest BCUT2D eigenvalue weighted by Crippen LogP contribution is -2.24. The maximum absolute atomic E-state index is 11.6. The van der Waals surface area contributed by atoms with Crippen LogP contribution in [0.1, 0.15) is 25.8 Å². The number of nitrogens with zero attached hydrogens (tertiary/aromatic N) is 2. The van der Waals surface area contributed by atoms with Crippen LogP contribution in [-0.4, -0.2) is 29.3 Å². The zero-order valence-corrected chi connectivity index (χ0v) is 11.0. The third-order valence-electron chi connectivity index (χ3n) is 2.48. The molecule has 0 bridgehead atoms. The summed E-state index contributed by atoms with van der Waals surface area (Å²) in [5.74, 6) is -0.901. The first-order valence-corrected chi connectivity index (χ1v) is 5.92. The molecule has 0 saturated heterocycles. The molecule has 0 aromatic heterocycles. The zero-order chi connectivity index (χ0) is 13.5. The van der Waals surface area contributed by atoms with E-state index in [0.717, 1.165) is 5.56 Å². The SMILES string of the molecule is CCC(=O)C(=O)/C(C)=N/N(C)Cc1ccccc1. The highest BCUT2D eigenvalue weighted by molar-refractivity contribution is 6.64. The van der Waals surface area contributed by atoms with E-state index in [1.807, 2.05) is 30.3 Å². The van der Waals surface area contributed by atoms with Crippen LogP contribution in [0.4, 0.5) is 0 Å². The molecule has 96 valence electrons. The van der Waals surface area contributed by atoms with Gasteiger partial charge in [-0.25, -0.2) is 0 Å². The second kappa shape index (κ2) is 6.69. The summed E-state index contributed by atoms with van der Waals surface area (Å²) < 4.78 is 0. The van der Waals surface area contributed by atoms with Gasteiger partial charge in [-0.05, 0) is 12.5 Å². The van der Waals surface area contributed by atoms with Crippen LogP contribution in [0.25, 0.3) is 0 Å². The van der Waals surface area contributed by atoms with Crippen molar-refractivity contribution in [2.45, 2.75) is 26.8 Å². The van der Waals surface area contributed by atoms with Gasteiger partial charge in [0, 0.05) is 13.5 Å². The van der Waals surface area contributed by atoms with Crippen molar-refractivity contribution < 1.29 is 9.59 Å². The number of ketones is 2. The predicted molar refractivity (Wildman–Crippen MR) is 71.3 cm³/mol. The average Bonchev–Trinajstić information content (AvgIpc) is 2.37. The first kappa shape index (κ1) is 14.1. The van der Waals surface area contributed by atoms with Gasteiger partial charge in [0.15, 0.2) is 0 Å². The zero-order valence-electron chi connectivity index (χ0n) is 11.0. The van der Waals surface area contributed by atoms with Crippen molar-refractivity contribution in [2.24, 2.45) is 5.10 Å². The molecular weight excluding hydrogens is 228 g/mol. The third kappa shape index (κ3) is 4.13. The highest BCUT2D eigenvalue weighted by atomic mass is 16.2. The van der Waals surface area contributed by atoms with Gasteiger partial charge in [-0.1, -0.05) is 37.3 Å². The minimum absolute atomic E-state index is 0.216. The van der Waals surface area contributed by atoms with Gasteiger partial charge in [0.1, 0.15) is 5.71 Å². The molecular formula is C14H18N2O2. The van der Waals surface area contributed by atoms with Gasteiger partial charge in [0.2, 0.25) is 11.6 Å². The van der Waals surface area contributed by atoms with E-state index < -0.39 is 11.6 Å². The second-order valence-corrected chi connectivity index (χ2v) is 4.09. The van der Waals surface area contributed by atoms with Gasteiger partial charge < -0.3 is 0 Å². The maximum Gasteiger partial charge on any atom is 0.244 e. The van der Waals surface area contributed by atoms with E-state index in [1.165, 1.54) is 0 Å². The molecule has 0 unspecified atom stereocenters. The van der Waals surface area contributed by atoms with E-state index in [9.17, 15) is 9.59 Å². The van der Waals surface area contributed by atoms with E-state index in [1.54, 1.807) is 25.9 Å². The summed E-state index contributed by atoms with van der Waals surface area (Å²) in [6.45, 7) is 3.84. The van der Waals surface area contributed by atoms with Gasteiger partial charge in [0.25, 0.3) is 0 Å². The Morgan fingerprint density at radius 2 is 1.83 bits per heavy atom. The molecule has 18 heavy (non-hydrogen) atoms. The Bertz CT molecular complexity index is 452. The fourth-order valence-corrected chi connectivity index (χ4v) is 1.55. The van der Waals surface area contributed by atoms with Crippen molar-refractivity contribution in [3.05, 3.63) is 35.9 Å². The Morgan fingerprint density at radius 1 is 1.22 bits per heavy atom. The average molecular weight is 246 g/mol. The molecule has 0 radical (unpaired) electrons. The van der Waals surface area contributed by atoms with Crippen molar-refractivity contribution in [2.75, 3.05) is 7.05 Å². The van der Waals surface area contributed by atoms with E-state index in [0.29, 0.717) is 6.54 Å². The summed E-state index contributed by atoms with van der Waals surface area (Å²) in [5.41, 5.74) is 1.34. The van der Waals surface area contributed by atoms with Gasteiger partial charge in [-0.15, -0.1) is 0 Å². The number of carbonyl (C=O) groups is 2. The van der Waals surface area contributed by atoms with Crippen LogP contribution in [0.15, 0.2) is 35.4 Å². The van der Waals surface area contributed by atoms with Crippen molar-refractivity contribution in [1.29, 1.82) is 0 Å². The van der Waals surface area contributed by atoms with E-state index >= 15 is 0 Å². The molecule has 0 spiro atoms. The summed E-state index contributed by atoms with van der Waals surface area (Å²) >= 11 is 0. The molecule has 4 heteroatoms. The lowest BCUT2D eigenvalue weighted by atomic mass is 10.1. The number of benzene rings is 1. The molecule has 1 aromatic rings. The van der Waals surface area contributed by atoms with Crippen LogP contribution in [0.3, 0.4) is 0 Å². The Morgan fingerprint density at radius 3 is 2.39 bits per heavy atom. The molecule has 0 N–H and O–H groups in total. The standard InChI is InChI=1S/C14H18N2O2/c1-4-13(17)14(18)11(2)15-16(3)10-12-8-6-5-7-9-12/h5-9H,4,10H2,1-3H3/b15-11+.